The Morgan fingerprint density at radius 1 is 1.11 bits per heavy atom. The normalized spacial score (nSPS) is 37.9. The van der Waals surface area contributed by atoms with Gasteiger partial charge in [-0.05, 0) is 86.7 Å². The van der Waals surface area contributed by atoms with Gasteiger partial charge in [-0.25, -0.2) is 0 Å². The van der Waals surface area contributed by atoms with Crippen molar-refractivity contribution in [3.8, 4) is 11.5 Å². The maximum atomic E-state index is 11.6. The number of carbonyl (C=O) groups is 1. The van der Waals surface area contributed by atoms with E-state index in [-0.39, 0.29) is 28.8 Å². The number of benzene rings is 2. The van der Waals surface area contributed by atoms with E-state index in [4.69, 9.17) is 14.2 Å². The second kappa shape index (κ2) is 7.76. The SMILES string of the molecule is COc1ccc2c3c1O[C@H]1[C@@]4(OC)CC[C@@]5(C[C@@H]4c4ccc(NC(C)=O)cc4)[C@@H](C2)N(CC2CC2)CC[C@]315. The molecule has 5 aliphatic carbocycles. The lowest BCUT2D eigenvalue weighted by molar-refractivity contribution is -0.261. The summed E-state index contributed by atoms with van der Waals surface area (Å²) < 4.78 is 19.7. The molecular weight excluding hydrogens is 476 g/mol. The highest BCUT2D eigenvalue weighted by Crippen LogP contribution is 2.78. The van der Waals surface area contributed by atoms with E-state index in [9.17, 15) is 4.79 Å². The summed E-state index contributed by atoms with van der Waals surface area (Å²) in [6, 6.07) is 13.5. The smallest absolute Gasteiger partial charge is 0.221 e. The molecule has 7 aliphatic rings. The second-order valence-electron chi connectivity index (χ2n) is 12.9. The van der Waals surface area contributed by atoms with Crippen LogP contribution in [0.2, 0.25) is 0 Å². The van der Waals surface area contributed by atoms with Gasteiger partial charge in [0, 0.05) is 54.6 Å². The first-order valence-electron chi connectivity index (χ1n) is 14.5. The van der Waals surface area contributed by atoms with Crippen molar-refractivity contribution in [3.63, 3.8) is 0 Å². The molecule has 38 heavy (non-hydrogen) atoms. The lowest BCUT2D eigenvalue weighted by atomic mass is 9.34. The molecule has 6 heteroatoms. The van der Waals surface area contributed by atoms with E-state index in [1.165, 1.54) is 42.5 Å². The molecule has 6 atom stereocenters. The highest BCUT2D eigenvalue weighted by Gasteiger charge is 2.80. The Morgan fingerprint density at radius 3 is 2.63 bits per heavy atom. The van der Waals surface area contributed by atoms with Crippen LogP contribution in [0.3, 0.4) is 0 Å². The summed E-state index contributed by atoms with van der Waals surface area (Å²) in [5.74, 6) is 2.92. The quantitative estimate of drug-likeness (QED) is 0.585. The zero-order chi connectivity index (χ0) is 25.9. The third-order valence-corrected chi connectivity index (χ3v) is 11.5. The molecule has 4 bridgehead atoms. The summed E-state index contributed by atoms with van der Waals surface area (Å²) in [5, 5.41) is 2.93. The summed E-state index contributed by atoms with van der Waals surface area (Å²) in [7, 11) is 3.67. The minimum Gasteiger partial charge on any atom is -0.493 e. The van der Waals surface area contributed by atoms with Crippen molar-refractivity contribution in [2.75, 3.05) is 32.6 Å². The fourth-order valence-corrected chi connectivity index (χ4v) is 9.94. The molecule has 0 radical (unpaired) electrons. The maximum absolute atomic E-state index is 11.6. The van der Waals surface area contributed by atoms with Crippen LogP contribution in [0.25, 0.3) is 0 Å². The molecule has 2 aromatic rings. The van der Waals surface area contributed by atoms with Gasteiger partial charge in [0.15, 0.2) is 11.5 Å². The lowest BCUT2D eigenvalue weighted by Crippen LogP contribution is -2.80. The highest BCUT2D eigenvalue weighted by atomic mass is 16.6. The molecular formula is C32H38N2O4. The summed E-state index contributed by atoms with van der Waals surface area (Å²) in [5.41, 5.74) is 4.76. The van der Waals surface area contributed by atoms with Crippen LogP contribution in [0, 0.1) is 11.3 Å². The van der Waals surface area contributed by atoms with Crippen LogP contribution >= 0.6 is 0 Å². The molecule has 2 aliphatic heterocycles. The number of anilines is 1. The predicted molar refractivity (Wildman–Crippen MR) is 145 cm³/mol. The van der Waals surface area contributed by atoms with E-state index in [0.717, 1.165) is 55.3 Å². The molecule has 2 heterocycles. The summed E-state index contributed by atoms with van der Waals surface area (Å²) in [6.45, 7) is 3.95. The van der Waals surface area contributed by atoms with E-state index in [1.54, 1.807) is 14.0 Å². The molecule has 5 fully saturated rings. The van der Waals surface area contributed by atoms with Crippen LogP contribution < -0.4 is 14.8 Å². The first-order valence-corrected chi connectivity index (χ1v) is 14.5. The number of likely N-dealkylation sites (tertiary alicyclic amines) is 1. The fourth-order valence-electron chi connectivity index (χ4n) is 9.94. The first-order chi connectivity index (χ1) is 18.5. The number of hydrogen-bond acceptors (Lipinski definition) is 5. The number of rotatable bonds is 6. The van der Waals surface area contributed by atoms with Gasteiger partial charge in [0.05, 0.1) is 7.11 Å². The lowest BCUT2D eigenvalue weighted by Gasteiger charge is -2.74. The number of nitrogens with zero attached hydrogens (tertiary/aromatic N) is 1. The standard InChI is InChI=1S/C32H38N2O4/c1-19(35)33-23-9-6-21(7-10-23)24-17-30-12-13-32(24,37-3)29-31(30)14-15-34(18-20-4-5-20)26(30)16-22-8-11-25(36-2)28(38-29)27(22)31/h6-11,20,24,26,29H,4-5,12-18H2,1-3H3,(H,33,35)/t24-,26-,29-,30-,31+,32-/m1/s1. The molecule has 0 unspecified atom stereocenters. The van der Waals surface area contributed by atoms with E-state index in [0.29, 0.717) is 6.04 Å². The fraction of sp³-hybridized carbons (Fsp3) is 0.594. The summed E-state index contributed by atoms with van der Waals surface area (Å²) >= 11 is 0. The van der Waals surface area contributed by atoms with Gasteiger partial charge in [0.1, 0.15) is 11.7 Å². The largest absolute Gasteiger partial charge is 0.493 e. The third-order valence-electron chi connectivity index (χ3n) is 11.5. The van der Waals surface area contributed by atoms with Crippen LogP contribution in [-0.2, 0) is 21.4 Å². The number of amides is 1. The van der Waals surface area contributed by atoms with Crippen LogP contribution in [0.4, 0.5) is 5.69 Å². The highest BCUT2D eigenvalue weighted by molar-refractivity contribution is 5.88. The predicted octanol–water partition coefficient (Wildman–Crippen LogP) is 5.05. The van der Waals surface area contributed by atoms with Crippen molar-refractivity contribution in [1.29, 1.82) is 0 Å². The number of hydrogen-bond donors (Lipinski definition) is 1. The molecule has 4 saturated carbocycles. The monoisotopic (exact) mass is 514 g/mol. The molecule has 0 aromatic heterocycles. The van der Waals surface area contributed by atoms with Crippen LogP contribution in [0.1, 0.15) is 68.1 Å². The number of fused-ring (bicyclic) bond motifs is 2. The Balaban J connectivity index is 1.31. The number of methoxy groups -OCH3 is 2. The van der Waals surface area contributed by atoms with E-state index >= 15 is 0 Å². The molecule has 1 amide bonds. The average molecular weight is 515 g/mol. The number of nitrogens with one attached hydrogen (secondary N) is 1. The van der Waals surface area contributed by atoms with Crippen LogP contribution in [-0.4, -0.2) is 55.9 Å². The van der Waals surface area contributed by atoms with Crippen LogP contribution in [0.5, 0.6) is 11.5 Å². The Labute approximate surface area is 225 Å². The van der Waals surface area contributed by atoms with Crippen molar-refractivity contribution in [3.05, 3.63) is 53.1 Å². The van der Waals surface area contributed by atoms with E-state index < -0.39 is 5.60 Å². The first kappa shape index (κ1) is 23.3. The van der Waals surface area contributed by atoms with Gasteiger partial charge in [-0.15, -0.1) is 0 Å². The van der Waals surface area contributed by atoms with Gasteiger partial charge in [-0.3, -0.25) is 9.69 Å². The molecule has 2 aromatic carbocycles. The zero-order valence-corrected chi connectivity index (χ0v) is 22.7. The Morgan fingerprint density at radius 2 is 1.92 bits per heavy atom. The molecule has 200 valence electrons. The van der Waals surface area contributed by atoms with Gasteiger partial charge >= 0.3 is 0 Å². The molecule has 6 nitrogen and oxygen atoms in total. The minimum atomic E-state index is -0.404. The Kier molecular flexibility index (Phi) is 4.76. The van der Waals surface area contributed by atoms with Crippen molar-refractivity contribution in [1.82, 2.24) is 4.90 Å². The van der Waals surface area contributed by atoms with E-state index in [2.05, 4.69) is 34.5 Å². The molecule has 9 rings (SSSR count). The average Bonchev–Trinajstić information content (AvgIpc) is 3.67. The number of ether oxygens (including phenoxy) is 3. The Hall–Kier alpha value is -2.57. The van der Waals surface area contributed by atoms with Crippen molar-refractivity contribution >= 4 is 11.6 Å². The molecule has 2 spiro atoms. The third kappa shape index (κ3) is 2.73. The zero-order valence-electron chi connectivity index (χ0n) is 22.7. The molecule has 1 saturated heterocycles. The maximum Gasteiger partial charge on any atom is 0.221 e. The molecule has 1 N–H and O–H groups in total. The van der Waals surface area contributed by atoms with Crippen molar-refractivity contribution in [2.45, 2.75) is 80.9 Å². The summed E-state index contributed by atoms with van der Waals surface area (Å²) in [6.07, 6.45) is 8.29. The van der Waals surface area contributed by atoms with E-state index in [1.807, 2.05) is 19.2 Å². The van der Waals surface area contributed by atoms with Gasteiger partial charge in [-0.2, -0.15) is 0 Å². The van der Waals surface area contributed by atoms with Gasteiger partial charge < -0.3 is 19.5 Å². The van der Waals surface area contributed by atoms with Gasteiger partial charge in [0.25, 0.3) is 0 Å². The summed E-state index contributed by atoms with van der Waals surface area (Å²) in [4.78, 5) is 14.5. The van der Waals surface area contributed by atoms with Crippen molar-refractivity contribution in [2.24, 2.45) is 11.3 Å². The van der Waals surface area contributed by atoms with Gasteiger partial charge in [0.2, 0.25) is 5.91 Å². The number of piperidine rings is 1. The number of carbonyl (C=O) groups excluding carboxylic acids is 1. The Bertz CT molecular complexity index is 1320. The minimum absolute atomic E-state index is 0.0292. The van der Waals surface area contributed by atoms with Gasteiger partial charge in [-0.1, -0.05) is 18.2 Å². The van der Waals surface area contributed by atoms with Crippen LogP contribution in [0.15, 0.2) is 36.4 Å². The topological polar surface area (TPSA) is 60.0 Å². The van der Waals surface area contributed by atoms with Crippen molar-refractivity contribution < 1.29 is 19.0 Å². The second-order valence-corrected chi connectivity index (χ2v) is 12.9.